The Bertz CT molecular complexity index is 372. The Labute approximate surface area is 99.7 Å². The molecular weight excluding hydrogens is 222 g/mol. The van der Waals surface area contributed by atoms with E-state index in [0.29, 0.717) is 18.1 Å². The Morgan fingerprint density at radius 3 is 3.18 bits per heavy atom. The normalized spacial score (nSPS) is 19.2. The second-order valence-electron chi connectivity index (χ2n) is 4.12. The van der Waals surface area contributed by atoms with E-state index in [1.54, 1.807) is 13.0 Å². The van der Waals surface area contributed by atoms with Crippen LogP contribution in [0.15, 0.2) is 10.6 Å². The third kappa shape index (κ3) is 3.74. The topological polar surface area (TPSA) is 76.4 Å². The van der Waals surface area contributed by atoms with Crippen molar-refractivity contribution in [2.24, 2.45) is 0 Å². The summed E-state index contributed by atoms with van der Waals surface area (Å²) >= 11 is 0. The Balaban J connectivity index is 1.63. The van der Waals surface area contributed by atoms with Gasteiger partial charge in [0.1, 0.15) is 5.76 Å². The van der Waals surface area contributed by atoms with E-state index in [0.717, 1.165) is 19.4 Å². The van der Waals surface area contributed by atoms with Crippen molar-refractivity contribution in [3.05, 3.63) is 11.8 Å². The quantitative estimate of drug-likeness (QED) is 0.790. The fourth-order valence-electron chi connectivity index (χ4n) is 1.72. The number of aryl methyl sites for hydroxylation is 1. The summed E-state index contributed by atoms with van der Waals surface area (Å²) in [7, 11) is 0. The molecule has 0 spiro atoms. The van der Waals surface area contributed by atoms with Gasteiger partial charge in [-0.1, -0.05) is 5.16 Å². The molecule has 2 heterocycles. The monoisotopic (exact) mass is 239 g/mol. The molecule has 2 rings (SSSR count). The van der Waals surface area contributed by atoms with Gasteiger partial charge in [-0.15, -0.1) is 0 Å². The summed E-state index contributed by atoms with van der Waals surface area (Å²) in [5.41, 5.74) is 0. The van der Waals surface area contributed by atoms with E-state index in [1.807, 2.05) is 0 Å². The van der Waals surface area contributed by atoms with Crippen molar-refractivity contribution in [3.8, 4) is 0 Å². The summed E-state index contributed by atoms with van der Waals surface area (Å²) in [6.07, 6.45) is 2.28. The Morgan fingerprint density at radius 2 is 2.53 bits per heavy atom. The van der Waals surface area contributed by atoms with E-state index < -0.39 is 0 Å². The average molecular weight is 239 g/mol. The number of amides is 1. The largest absolute Gasteiger partial charge is 0.376 e. The van der Waals surface area contributed by atoms with Crippen LogP contribution in [0.3, 0.4) is 0 Å². The first-order valence-electron chi connectivity index (χ1n) is 5.79. The highest BCUT2D eigenvalue weighted by Crippen LogP contribution is 2.10. The van der Waals surface area contributed by atoms with E-state index in [1.165, 1.54) is 0 Å². The van der Waals surface area contributed by atoms with Crippen LogP contribution in [0.25, 0.3) is 0 Å². The van der Waals surface area contributed by atoms with Crippen LogP contribution >= 0.6 is 0 Å². The van der Waals surface area contributed by atoms with Crippen molar-refractivity contribution >= 4 is 11.7 Å². The van der Waals surface area contributed by atoms with Crippen LogP contribution in [0, 0.1) is 6.92 Å². The fourth-order valence-corrected chi connectivity index (χ4v) is 1.72. The van der Waals surface area contributed by atoms with Crippen LogP contribution < -0.4 is 10.6 Å². The lowest BCUT2D eigenvalue weighted by molar-refractivity contribution is -0.119. The first kappa shape index (κ1) is 11.9. The maximum atomic E-state index is 11.5. The second kappa shape index (κ2) is 5.67. The summed E-state index contributed by atoms with van der Waals surface area (Å²) in [5.74, 6) is 1.23. The van der Waals surface area contributed by atoms with Crippen molar-refractivity contribution < 1.29 is 14.1 Å². The highest BCUT2D eigenvalue weighted by molar-refractivity contribution is 5.80. The molecule has 2 N–H and O–H groups in total. The number of carbonyl (C=O) groups is 1. The number of hydrogen-bond acceptors (Lipinski definition) is 5. The van der Waals surface area contributed by atoms with Gasteiger partial charge >= 0.3 is 0 Å². The zero-order valence-corrected chi connectivity index (χ0v) is 9.86. The molecule has 0 radical (unpaired) electrons. The zero-order valence-electron chi connectivity index (χ0n) is 9.86. The number of nitrogens with one attached hydrogen (secondary N) is 2. The first-order chi connectivity index (χ1) is 8.24. The fraction of sp³-hybridized carbons (Fsp3) is 0.636. The summed E-state index contributed by atoms with van der Waals surface area (Å²) in [6.45, 7) is 3.38. The van der Waals surface area contributed by atoms with E-state index in [-0.39, 0.29) is 18.6 Å². The van der Waals surface area contributed by atoms with Crippen molar-refractivity contribution in [1.29, 1.82) is 0 Å². The van der Waals surface area contributed by atoms with Gasteiger partial charge in [-0.25, -0.2) is 0 Å². The van der Waals surface area contributed by atoms with Crippen molar-refractivity contribution in [1.82, 2.24) is 10.5 Å². The van der Waals surface area contributed by atoms with Gasteiger partial charge in [0.2, 0.25) is 5.91 Å². The van der Waals surface area contributed by atoms with Crippen LogP contribution in [0.5, 0.6) is 0 Å². The minimum absolute atomic E-state index is 0.0684. The van der Waals surface area contributed by atoms with Gasteiger partial charge in [0.05, 0.1) is 12.6 Å². The maximum Gasteiger partial charge on any atom is 0.239 e. The van der Waals surface area contributed by atoms with Crippen LogP contribution in [-0.4, -0.2) is 36.9 Å². The Hall–Kier alpha value is -1.56. The van der Waals surface area contributed by atoms with E-state index in [2.05, 4.69) is 15.8 Å². The number of carbonyl (C=O) groups excluding carboxylic acids is 1. The van der Waals surface area contributed by atoms with Crippen molar-refractivity contribution in [2.75, 3.05) is 25.0 Å². The van der Waals surface area contributed by atoms with Gasteiger partial charge in [-0.05, 0) is 19.8 Å². The van der Waals surface area contributed by atoms with Crippen molar-refractivity contribution in [3.63, 3.8) is 0 Å². The standard InChI is InChI=1S/C11H17N3O3/c1-8-5-10(14-17-8)12-7-11(15)13-6-9-3-2-4-16-9/h5,9H,2-4,6-7H2,1H3,(H,12,14)(H,13,15). The molecular formula is C11H17N3O3. The lowest BCUT2D eigenvalue weighted by Gasteiger charge is -2.10. The molecule has 0 saturated carbocycles. The zero-order chi connectivity index (χ0) is 12.1. The summed E-state index contributed by atoms with van der Waals surface area (Å²) in [5, 5.41) is 9.43. The van der Waals surface area contributed by atoms with E-state index >= 15 is 0 Å². The molecule has 1 unspecified atom stereocenters. The second-order valence-corrected chi connectivity index (χ2v) is 4.12. The molecule has 1 aliphatic rings. The Morgan fingerprint density at radius 1 is 1.65 bits per heavy atom. The smallest absolute Gasteiger partial charge is 0.239 e. The molecule has 17 heavy (non-hydrogen) atoms. The third-order valence-electron chi connectivity index (χ3n) is 2.61. The molecule has 1 fully saturated rings. The van der Waals surface area contributed by atoms with Crippen molar-refractivity contribution in [2.45, 2.75) is 25.9 Å². The number of nitrogens with zero attached hydrogens (tertiary/aromatic N) is 1. The molecule has 1 aromatic heterocycles. The van der Waals surface area contributed by atoms with Gasteiger partial charge in [0.15, 0.2) is 5.82 Å². The van der Waals surface area contributed by atoms with Gasteiger partial charge in [0.25, 0.3) is 0 Å². The molecule has 6 nitrogen and oxygen atoms in total. The summed E-state index contributed by atoms with van der Waals surface area (Å²) in [6, 6.07) is 1.74. The number of aromatic nitrogens is 1. The first-order valence-corrected chi connectivity index (χ1v) is 5.79. The SMILES string of the molecule is Cc1cc(NCC(=O)NCC2CCCO2)no1. The van der Waals surface area contributed by atoms with Crippen LogP contribution in [0.2, 0.25) is 0 Å². The van der Waals surface area contributed by atoms with Crippen LogP contribution in [0.4, 0.5) is 5.82 Å². The molecule has 1 amide bonds. The highest BCUT2D eigenvalue weighted by Gasteiger charge is 2.15. The summed E-state index contributed by atoms with van der Waals surface area (Å²) in [4.78, 5) is 11.5. The molecule has 1 saturated heterocycles. The van der Waals surface area contributed by atoms with Crippen LogP contribution in [-0.2, 0) is 9.53 Å². The van der Waals surface area contributed by atoms with Crippen LogP contribution in [0.1, 0.15) is 18.6 Å². The molecule has 0 bridgehead atoms. The highest BCUT2D eigenvalue weighted by atomic mass is 16.5. The van der Waals surface area contributed by atoms with Gasteiger partial charge in [-0.2, -0.15) is 0 Å². The van der Waals surface area contributed by atoms with Gasteiger partial charge in [0, 0.05) is 19.2 Å². The molecule has 1 aromatic rings. The number of hydrogen-bond donors (Lipinski definition) is 2. The molecule has 0 aromatic carbocycles. The average Bonchev–Trinajstić information content (AvgIpc) is 2.95. The lowest BCUT2D eigenvalue weighted by Crippen LogP contribution is -2.35. The summed E-state index contributed by atoms with van der Waals surface area (Å²) < 4.78 is 10.3. The Kier molecular flexibility index (Phi) is 3.98. The van der Waals surface area contributed by atoms with Gasteiger partial charge < -0.3 is 19.9 Å². The van der Waals surface area contributed by atoms with E-state index in [4.69, 9.17) is 9.26 Å². The molecule has 0 aliphatic carbocycles. The number of ether oxygens (including phenoxy) is 1. The minimum Gasteiger partial charge on any atom is -0.376 e. The number of rotatable bonds is 5. The molecule has 94 valence electrons. The maximum absolute atomic E-state index is 11.5. The third-order valence-corrected chi connectivity index (χ3v) is 2.61. The molecule has 1 aliphatic heterocycles. The molecule has 6 heteroatoms. The van der Waals surface area contributed by atoms with E-state index in [9.17, 15) is 4.79 Å². The van der Waals surface area contributed by atoms with Gasteiger partial charge in [-0.3, -0.25) is 4.79 Å². The lowest BCUT2D eigenvalue weighted by atomic mass is 10.2. The molecule has 1 atom stereocenters. The predicted octanol–water partition coefficient (Wildman–Crippen LogP) is 0.690. The number of anilines is 1. The predicted molar refractivity (Wildman–Crippen MR) is 61.7 cm³/mol. The minimum atomic E-state index is -0.0684.